The molecule has 1 rings (SSSR count). The predicted octanol–water partition coefficient (Wildman–Crippen LogP) is 3.44. The van der Waals surface area contributed by atoms with Crippen LogP contribution in [0.25, 0.3) is 0 Å². The quantitative estimate of drug-likeness (QED) is 0.672. The van der Waals surface area contributed by atoms with Gasteiger partial charge in [0.2, 0.25) is 0 Å². The Morgan fingerprint density at radius 3 is 2.14 bits per heavy atom. The Morgan fingerprint density at radius 2 is 1.81 bits per heavy atom. The molecule has 1 aromatic carbocycles. The van der Waals surface area contributed by atoms with E-state index in [9.17, 15) is 0 Å². The molecule has 0 aliphatic heterocycles. The van der Waals surface area contributed by atoms with E-state index in [-0.39, 0.29) is 12.3 Å². The van der Waals surface area contributed by atoms with Crippen molar-refractivity contribution in [1.82, 2.24) is 11.1 Å². The molecule has 124 valence electrons. The fourth-order valence-corrected chi connectivity index (χ4v) is 1.64. The van der Waals surface area contributed by atoms with Gasteiger partial charge >= 0.3 is 0 Å². The van der Waals surface area contributed by atoms with E-state index in [0.717, 1.165) is 31.6 Å². The Morgan fingerprint density at radius 1 is 1.24 bits per heavy atom. The third-order valence-corrected chi connectivity index (χ3v) is 2.87. The van der Waals surface area contributed by atoms with Gasteiger partial charge in [0, 0.05) is 6.54 Å². The van der Waals surface area contributed by atoms with Crippen molar-refractivity contribution >= 4 is 5.69 Å². The van der Waals surface area contributed by atoms with E-state index in [4.69, 9.17) is 9.94 Å². The molecule has 0 aliphatic carbocycles. The summed E-state index contributed by atoms with van der Waals surface area (Å²) in [4.78, 5) is 7.07. The van der Waals surface area contributed by atoms with Crippen LogP contribution in [0, 0.1) is 0 Å². The molecule has 0 aromatic heterocycles. The fraction of sp³-hybridized carbons (Fsp3) is 0.625. The molecule has 1 aromatic rings. The van der Waals surface area contributed by atoms with Crippen molar-refractivity contribution in [3.8, 4) is 0 Å². The second kappa shape index (κ2) is 13.8. The van der Waals surface area contributed by atoms with E-state index in [0.29, 0.717) is 0 Å². The topological polar surface area (TPSA) is 79.7 Å². The highest BCUT2D eigenvalue weighted by atomic mass is 16.6. The van der Waals surface area contributed by atoms with Crippen molar-refractivity contribution < 1.29 is 9.94 Å². The molecule has 0 fully saturated rings. The Labute approximate surface area is 129 Å². The van der Waals surface area contributed by atoms with Crippen LogP contribution >= 0.6 is 0 Å². The molecular formula is C16H33N3O2. The van der Waals surface area contributed by atoms with Gasteiger partial charge in [-0.25, -0.2) is 0 Å². The lowest BCUT2D eigenvalue weighted by Crippen LogP contribution is -2.16. The molecule has 1 unspecified atom stereocenters. The van der Waals surface area contributed by atoms with Crippen molar-refractivity contribution in [1.29, 1.82) is 0 Å². The average molecular weight is 299 g/mol. The van der Waals surface area contributed by atoms with Crippen molar-refractivity contribution in [2.24, 2.45) is 0 Å². The molecular weight excluding hydrogens is 266 g/mol. The fourth-order valence-electron chi connectivity index (χ4n) is 1.64. The zero-order valence-electron chi connectivity index (χ0n) is 14.2. The maximum absolute atomic E-state index is 8.55. The zero-order chi connectivity index (χ0) is 15.4. The average Bonchev–Trinajstić information content (AvgIpc) is 2.41. The normalized spacial score (nSPS) is 11.2. The van der Waals surface area contributed by atoms with Gasteiger partial charge in [-0.1, -0.05) is 32.4 Å². The standard InChI is InChI=1S/C11H18N2O.C5H12O.H3N/c1-4-13(2)9-10-5-7-11(8-6-10)12-14-3;1-3-4-5(2)6;/h5-8,12H,4,9H2,1-3H3;5-6H,3-4H2,1-2H3;1H3. The van der Waals surface area contributed by atoms with Crippen LogP contribution in [-0.4, -0.2) is 36.8 Å². The van der Waals surface area contributed by atoms with Crippen LogP contribution in [0.2, 0.25) is 0 Å². The SMILES string of the molecule is CCCC(C)O.CCN(C)Cc1ccc(NOC)cc1.N. The third kappa shape index (κ3) is 12.3. The predicted molar refractivity (Wildman–Crippen MR) is 90.7 cm³/mol. The van der Waals surface area contributed by atoms with Crippen molar-refractivity contribution in [2.45, 2.75) is 46.3 Å². The van der Waals surface area contributed by atoms with E-state index in [2.05, 4.69) is 43.4 Å². The summed E-state index contributed by atoms with van der Waals surface area (Å²) in [5, 5.41) is 8.55. The number of rotatable bonds is 7. The highest BCUT2D eigenvalue weighted by Crippen LogP contribution is 2.10. The number of hydrogen-bond donors (Lipinski definition) is 3. The Hall–Kier alpha value is -1.14. The summed E-state index contributed by atoms with van der Waals surface area (Å²) in [5.41, 5.74) is 5.09. The van der Waals surface area contributed by atoms with E-state index in [1.54, 1.807) is 7.11 Å². The van der Waals surface area contributed by atoms with Gasteiger partial charge in [0.05, 0.1) is 18.9 Å². The van der Waals surface area contributed by atoms with Gasteiger partial charge in [0.25, 0.3) is 0 Å². The first-order chi connectivity index (χ1) is 9.53. The first kappa shape index (κ1) is 22.1. The minimum Gasteiger partial charge on any atom is -0.393 e. The van der Waals surface area contributed by atoms with Crippen LogP contribution in [0.5, 0.6) is 0 Å². The molecule has 0 radical (unpaired) electrons. The van der Waals surface area contributed by atoms with Gasteiger partial charge in [-0.05, 0) is 44.6 Å². The second-order valence-electron chi connectivity index (χ2n) is 4.97. The van der Waals surface area contributed by atoms with Crippen LogP contribution in [0.3, 0.4) is 0 Å². The van der Waals surface area contributed by atoms with Crippen LogP contribution < -0.4 is 11.6 Å². The third-order valence-electron chi connectivity index (χ3n) is 2.87. The van der Waals surface area contributed by atoms with Gasteiger partial charge in [-0.2, -0.15) is 0 Å². The summed E-state index contributed by atoms with van der Waals surface area (Å²) in [6, 6.07) is 8.24. The van der Waals surface area contributed by atoms with Crippen molar-refractivity contribution in [3.63, 3.8) is 0 Å². The molecule has 0 aliphatic rings. The first-order valence-corrected chi connectivity index (χ1v) is 7.27. The van der Waals surface area contributed by atoms with E-state index >= 15 is 0 Å². The van der Waals surface area contributed by atoms with Crippen LogP contribution in [-0.2, 0) is 11.4 Å². The van der Waals surface area contributed by atoms with E-state index < -0.39 is 0 Å². The lowest BCUT2D eigenvalue weighted by atomic mass is 10.2. The number of nitrogens with zero attached hydrogens (tertiary/aromatic N) is 1. The molecule has 0 spiro atoms. The molecule has 1 atom stereocenters. The summed E-state index contributed by atoms with van der Waals surface area (Å²) in [7, 11) is 3.72. The zero-order valence-corrected chi connectivity index (χ0v) is 14.2. The number of aliphatic hydroxyl groups is 1. The minimum absolute atomic E-state index is 0. The number of benzene rings is 1. The molecule has 5 N–H and O–H groups in total. The van der Waals surface area contributed by atoms with Gasteiger partial charge in [0.1, 0.15) is 0 Å². The maximum Gasteiger partial charge on any atom is 0.0636 e. The molecule has 21 heavy (non-hydrogen) atoms. The molecule has 0 bridgehead atoms. The van der Waals surface area contributed by atoms with Gasteiger partial charge in [-0.3, -0.25) is 10.3 Å². The van der Waals surface area contributed by atoms with Crippen LogP contribution in [0.1, 0.15) is 39.2 Å². The van der Waals surface area contributed by atoms with Gasteiger partial charge < -0.3 is 16.2 Å². The smallest absolute Gasteiger partial charge is 0.0636 e. The Balaban J connectivity index is 0. The largest absolute Gasteiger partial charge is 0.393 e. The maximum atomic E-state index is 8.55. The van der Waals surface area contributed by atoms with Gasteiger partial charge in [0.15, 0.2) is 0 Å². The number of hydrogen-bond acceptors (Lipinski definition) is 5. The summed E-state index contributed by atoms with van der Waals surface area (Å²) >= 11 is 0. The van der Waals surface area contributed by atoms with Crippen molar-refractivity contribution in [2.75, 3.05) is 26.2 Å². The lowest BCUT2D eigenvalue weighted by molar-refractivity contribution is 0.183. The Kier molecular flexibility index (Phi) is 14.6. The molecule has 5 heteroatoms. The highest BCUT2D eigenvalue weighted by molar-refractivity contribution is 5.42. The van der Waals surface area contributed by atoms with Gasteiger partial charge in [-0.15, -0.1) is 0 Å². The summed E-state index contributed by atoms with van der Waals surface area (Å²) in [5.74, 6) is 0. The van der Waals surface area contributed by atoms with Crippen LogP contribution in [0.4, 0.5) is 5.69 Å². The van der Waals surface area contributed by atoms with E-state index in [1.165, 1.54) is 5.56 Å². The minimum atomic E-state index is -0.102. The number of anilines is 1. The summed E-state index contributed by atoms with van der Waals surface area (Å²) < 4.78 is 0. The van der Waals surface area contributed by atoms with Crippen LogP contribution in [0.15, 0.2) is 24.3 Å². The summed E-state index contributed by atoms with van der Waals surface area (Å²) in [6.07, 6.45) is 1.91. The first-order valence-electron chi connectivity index (χ1n) is 7.27. The second-order valence-corrected chi connectivity index (χ2v) is 4.97. The number of nitrogens with one attached hydrogen (secondary N) is 1. The van der Waals surface area contributed by atoms with Crippen molar-refractivity contribution in [3.05, 3.63) is 29.8 Å². The molecule has 0 saturated heterocycles. The monoisotopic (exact) mass is 299 g/mol. The molecule has 5 nitrogen and oxygen atoms in total. The molecule has 0 heterocycles. The molecule has 0 amide bonds. The molecule has 0 saturated carbocycles. The van der Waals surface area contributed by atoms with E-state index in [1.807, 2.05) is 19.1 Å². The summed E-state index contributed by atoms with van der Waals surface area (Å²) in [6.45, 7) is 8.08. The highest BCUT2D eigenvalue weighted by Gasteiger charge is 1.97. The number of aliphatic hydroxyl groups excluding tert-OH is 1. The Bertz CT molecular complexity index is 329. The lowest BCUT2D eigenvalue weighted by Gasteiger charge is -2.13.